The molecule has 0 aliphatic carbocycles. The van der Waals surface area contributed by atoms with Crippen molar-refractivity contribution < 1.29 is 14.6 Å². The largest absolute Gasteiger partial charge is 0.488 e. The number of carboxylic acid groups (broad SMARTS) is 1. The normalized spacial score (nSPS) is 14.7. The highest BCUT2D eigenvalue weighted by Gasteiger charge is 2.20. The lowest BCUT2D eigenvalue weighted by molar-refractivity contribution is 0.0696. The molecule has 1 aliphatic rings. The molecule has 2 aromatic rings. The topological polar surface area (TPSA) is 49.8 Å². The van der Waals surface area contributed by atoms with E-state index < -0.39 is 5.97 Å². The maximum Gasteiger partial charge on any atom is 0.335 e. The van der Waals surface area contributed by atoms with Gasteiger partial charge in [-0.25, -0.2) is 4.79 Å². The number of ether oxygens (including phenoxy) is 1. The zero-order chi connectivity index (χ0) is 17.1. The molecule has 0 fully saturated rings. The van der Waals surface area contributed by atoms with Crippen LogP contribution in [0.5, 0.6) is 5.75 Å². The lowest BCUT2D eigenvalue weighted by Gasteiger charge is -2.12. The smallest absolute Gasteiger partial charge is 0.335 e. The molecule has 1 aliphatic heterocycles. The zero-order valence-corrected chi connectivity index (χ0v) is 14.0. The number of carboxylic acids is 1. The summed E-state index contributed by atoms with van der Waals surface area (Å²) in [7, 11) is 4.10. The van der Waals surface area contributed by atoms with Crippen LogP contribution in [-0.4, -0.2) is 36.6 Å². The van der Waals surface area contributed by atoms with Gasteiger partial charge in [0, 0.05) is 12.1 Å². The molecule has 24 heavy (non-hydrogen) atoms. The standard InChI is InChI=1S/C20H21NO3/c1-21(2)11-5-8-17-16-7-4-3-6-15(16)13-24-19-12-14(20(22)23)9-10-18(17)19/h3-4,6-10,12H,5,11,13H2,1-2H3,(H,22,23)/b17-8+. The Morgan fingerprint density at radius 2 is 2.00 bits per heavy atom. The Kier molecular flexibility index (Phi) is 4.67. The summed E-state index contributed by atoms with van der Waals surface area (Å²) in [6.45, 7) is 1.40. The first-order chi connectivity index (χ1) is 11.6. The first kappa shape index (κ1) is 16.3. The van der Waals surface area contributed by atoms with Crippen LogP contribution in [0.4, 0.5) is 0 Å². The van der Waals surface area contributed by atoms with Crippen molar-refractivity contribution in [2.45, 2.75) is 13.0 Å². The average Bonchev–Trinajstić information content (AvgIpc) is 2.71. The van der Waals surface area contributed by atoms with Crippen LogP contribution in [0.3, 0.4) is 0 Å². The number of carbonyl (C=O) groups is 1. The molecular weight excluding hydrogens is 302 g/mol. The number of rotatable bonds is 4. The van der Waals surface area contributed by atoms with Crippen molar-refractivity contribution in [1.82, 2.24) is 4.90 Å². The van der Waals surface area contributed by atoms with Gasteiger partial charge in [-0.2, -0.15) is 0 Å². The Balaban J connectivity index is 2.09. The van der Waals surface area contributed by atoms with Gasteiger partial charge in [0.15, 0.2) is 0 Å². The number of fused-ring (bicyclic) bond motifs is 2. The molecule has 0 spiro atoms. The highest BCUT2D eigenvalue weighted by Crippen LogP contribution is 2.37. The van der Waals surface area contributed by atoms with E-state index in [0.29, 0.717) is 12.4 Å². The summed E-state index contributed by atoms with van der Waals surface area (Å²) >= 11 is 0. The summed E-state index contributed by atoms with van der Waals surface area (Å²) in [5.74, 6) is -0.316. The fraction of sp³-hybridized carbons (Fsp3) is 0.250. The van der Waals surface area contributed by atoms with Crippen LogP contribution >= 0.6 is 0 Å². The van der Waals surface area contributed by atoms with E-state index in [-0.39, 0.29) is 5.56 Å². The summed E-state index contributed by atoms with van der Waals surface area (Å²) in [6.07, 6.45) is 3.13. The van der Waals surface area contributed by atoms with E-state index in [0.717, 1.165) is 35.2 Å². The summed E-state index contributed by atoms with van der Waals surface area (Å²) in [5.41, 5.74) is 4.56. The second-order valence-electron chi connectivity index (χ2n) is 6.17. The lowest BCUT2D eigenvalue weighted by Crippen LogP contribution is -2.12. The van der Waals surface area contributed by atoms with Crippen LogP contribution in [0.2, 0.25) is 0 Å². The molecule has 2 aromatic carbocycles. The summed E-state index contributed by atoms with van der Waals surface area (Å²) in [4.78, 5) is 13.4. The number of hydrogen-bond donors (Lipinski definition) is 1. The molecule has 0 radical (unpaired) electrons. The van der Waals surface area contributed by atoms with Crippen LogP contribution in [0.1, 0.15) is 33.5 Å². The van der Waals surface area contributed by atoms with Gasteiger partial charge in [-0.1, -0.05) is 30.3 Å². The fourth-order valence-corrected chi connectivity index (χ4v) is 2.89. The molecule has 4 heteroatoms. The quantitative estimate of drug-likeness (QED) is 0.933. The summed E-state index contributed by atoms with van der Waals surface area (Å²) in [5, 5.41) is 9.22. The van der Waals surface area contributed by atoms with E-state index in [1.165, 1.54) is 0 Å². The highest BCUT2D eigenvalue weighted by atomic mass is 16.5. The molecule has 1 N–H and O–H groups in total. The third kappa shape index (κ3) is 3.34. The third-order valence-electron chi connectivity index (χ3n) is 4.13. The Labute approximate surface area is 142 Å². The van der Waals surface area contributed by atoms with Crippen molar-refractivity contribution in [2.75, 3.05) is 20.6 Å². The first-order valence-corrected chi connectivity index (χ1v) is 8.00. The molecule has 0 aromatic heterocycles. The predicted octanol–water partition coefficient (Wildman–Crippen LogP) is 3.66. The highest BCUT2D eigenvalue weighted by molar-refractivity contribution is 5.91. The van der Waals surface area contributed by atoms with E-state index in [9.17, 15) is 9.90 Å². The molecule has 0 amide bonds. The van der Waals surface area contributed by atoms with Gasteiger partial charge >= 0.3 is 5.97 Å². The van der Waals surface area contributed by atoms with Crippen LogP contribution < -0.4 is 4.74 Å². The SMILES string of the molecule is CN(C)CC/C=C1\c2ccccc2COc2cc(C(=O)O)ccc21. The summed E-state index contributed by atoms with van der Waals surface area (Å²) < 4.78 is 5.91. The van der Waals surface area contributed by atoms with Crippen molar-refractivity contribution in [1.29, 1.82) is 0 Å². The molecule has 0 unspecified atom stereocenters. The maximum absolute atomic E-state index is 11.2. The molecule has 4 nitrogen and oxygen atoms in total. The molecule has 0 atom stereocenters. The Hall–Kier alpha value is -2.59. The number of aromatic carboxylic acids is 1. The van der Waals surface area contributed by atoms with Gasteiger partial charge in [-0.05, 0) is 55.4 Å². The van der Waals surface area contributed by atoms with Crippen molar-refractivity contribution in [3.8, 4) is 5.75 Å². The molecule has 0 saturated carbocycles. The van der Waals surface area contributed by atoms with Gasteiger partial charge in [0.05, 0.1) is 5.56 Å². The third-order valence-corrected chi connectivity index (χ3v) is 4.13. The number of hydrogen-bond acceptors (Lipinski definition) is 3. The van der Waals surface area contributed by atoms with E-state index in [1.54, 1.807) is 12.1 Å². The van der Waals surface area contributed by atoms with Crippen LogP contribution in [0.25, 0.3) is 5.57 Å². The predicted molar refractivity (Wildman–Crippen MR) is 94.4 cm³/mol. The second kappa shape index (κ2) is 6.89. The van der Waals surface area contributed by atoms with E-state index >= 15 is 0 Å². The second-order valence-corrected chi connectivity index (χ2v) is 6.17. The molecule has 0 saturated heterocycles. The lowest BCUT2D eigenvalue weighted by atomic mass is 9.93. The minimum atomic E-state index is -0.943. The summed E-state index contributed by atoms with van der Waals surface area (Å²) in [6, 6.07) is 13.3. The fourth-order valence-electron chi connectivity index (χ4n) is 2.89. The average molecular weight is 323 g/mol. The molecule has 1 heterocycles. The van der Waals surface area contributed by atoms with Crippen molar-refractivity contribution in [2.24, 2.45) is 0 Å². The van der Waals surface area contributed by atoms with Gasteiger partial charge in [0.1, 0.15) is 12.4 Å². The van der Waals surface area contributed by atoms with E-state index in [2.05, 4.69) is 37.2 Å². The number of benzene rings is 2. The van der Waals surface area contributed by atoms with E-state index in [4.69, 9.17) is 4.74 Å². The first-order valence-electron chi connectivity index (χ1n) is 8.00. The maximum atomic E-state index is 11.2. The van der Waals surface area contributed by atoms with Gasteiger partial charge in [-0.15, -0.1) is 0 Å². The van der Waals surface area contributed by atoms with Crippen molar-refractivity contribution >= 4 is 11.5 Å². The minimum absolute atomic E-state index is 0.243. The number of nitrogens with zero attached hydrogens (tertiary/aromatic N) is 1. The Morgan fingerprint density at radius 3 is 2.75 bits per heavy atom. The molecule has 0 bridgehead atoms. The molecular formula is C20H21NO3. The van der Waals surface area contributed by atoms with Crippen molar-refractivity contribution in [3.63, 3.8) is 0 Å². The monoisotopic (exact) mass is 323 g/mol. The zero-order valence-electron chi connectivity index (χ0n) is 14.0. The van der Waals surface area contributed by atoms with Crippen LogP contribution in [0, 0.1) is 0 Å². The van der Waals surface area contributed by atoms with Crippen LogP contribution in [-0.2, 0) is 6.61 Å². The van der Waals surface area contributed by atoms with Crippen molar-refractivity contribution in [3.05, 3.63) is 70.8 Å². The Bertz CT molecular complexity index is 793. The Morgan fingerprint density at radius 1 is 1.21 bits per heavy atom. The van der Waals surface area contributed by atoms with Gasteiger partial charge in [0.2, 0.25) is 0 Å². The minimum Gasteiger partial charge on any atom is -0.488 e. The van der Waals surface area contributed by atoms with Crippen LogP contribution in [0.15, 0.2) is 48.5 Å². The molecule has 3 rings (SSSR count). The van der Waals surface area contributed by atoms with Gasteiger partial charge in [0.25, 0.3) is 0 Å². The van der Waals surface area contributed by atoms with E-state index in [1.807, 2.05) is 18.2 Å². The van der Waals surface area contributed by atoms with Gasteiger partial charge in [-0.3, -0.25) is 0 Å². The van der Waals surface area contributed by atoms with Gasteiger partial charge < -0.3 is 14.7 Å². The molecule has 124 valence electrons.